The van der Waals surface area contributed by atoms with Crippen molar-refractivity contribution in [3.8, 4) is 0 Å². The molecule has 0 saturated carbocycles. The van der Waals surface area contributed by atoms with Crippen molar-refractivity contribution in [2.45, 2.75) is 76.7 Å². The zero-order valence-corrected chi connectivity index (χ0v) is 19.2. The first-order valence-corrected chi connectivity index (χ1v) is 10.3. The second-order valence-corrected chi connectivity index (χ2v) is 9.07. The summed E-state index contributed by atoms with van der Waals surface area (Å²) in [6.45, 7) is 8.17. The van der Waals surface area contributed by atoms with Crippen molar-refractivity contribution in [3.63, 3.8) is 0 Å². The van der Waals surface area contributed by atoms with Crippen LogP contribution < -0.4 is 11.2 Å². The van der Waals surface area contributed by atoms with Crippen LogP contribution in [-0.4, -0.2) is 69.2 Å². The van der Waals surface area contributed by atoms with Crippen LogP contribution in [0.1, 0.15) is 40.8 Å². The largest absolute Gasteiger partial charge is 0.467 e. The Balaban J connectivity index is 1.97. The second-order valence-electron chi connectivity index (χ2n) is 9.07. The van der Waals surface area contributed by atoms with Crippen molar-refractivity contribution in [2.24, 2.45) is 0 Å². The summed E-state index contributed by atoms with van der Waals surface area (Å²) in [4.78, 5) is 49.3. The molecule has 0 radical (unpaired) electrons. The average molecular weight is 468 g/mol. The predicted molar refractivity (Wildman–Crippen MR) is 111 cm³/mol. The molecule has 12 heteroatoms. The number of fused-ring (bicyclic) bond motifs is 1. The van der Waals surface area contributed by atoms with E-state index >= 15 is 0 Å². The molecule has 3 heterocycles. The Kier molecular flexibility index (Phi) is 6.67. The zero-order chi connectivity index (χ0) is 24.7. The van der Waals surface area contributed by atoms with Gasteiger partial charge in [-0.15, -0.1) is 0 Å². The third-order valence-corrected chi connectivity index (χ3v) is 4.85. The van der Waals surface area contributed by atoms with Gasteiger partial charge in [0.15, 0.2) is 18.1 Å². The number of aliphatic hydroxyl groups excluding tert-OH is 1. The van der Waals surface area contributed by atoms with Crippen LogP contribution >= 0.6 is 0 Å². The van der Waals surface area contributed by atoms with E-state index in [-0.39, 0.29) is 0 Å². The van der Waals surface area contributed by atoms with Crippen LogP contribution in [0, 0.1) is 0 Å². The van der Waals surface area contributed by atoms with Crippen molar-refractivity contribution in [3.05, 3.63) is 45.3 Å². The minimum atomic E-state index is -1.52. The molecular formula is C21H28N2O10. The smallest absolute Gasteiger partial charge is 0.425 e. The number of ether oxygens (including phenoxy) is 5. The second kappa shape index (κ2) is 8.86. The lowest BCUT2D eigenvalue weighted by atomic mass is 10.1. The van der Waals surface area contributed by atoms with Gasteiger partial charge in [-0.2, -0.15) is 4.57 Å². The number of aromatic nitrogens is 2. The molecule has 2 aliphatic rings. The van der Waals surface area contributed by atoms with E-state index in [9.17, 15) is 24.3 Å². The maximum Gasteiger partial charge on any atom is 0.425 e. The molecule has 0 amide bonds. The van der Waals surface area contributed by atoms with Gasteiger partial charge in [0.05, 0.1) is 7.11 Å². The summed E-state index contributed by atoms with van der Waals surface area (Å²) in [7, 11) is 1.14. The van der Waals surface area contributed by atoms with Crippen LogP contribution in [0.5, 0.6) is 0 Å². The first-order valence-electron chi connectivity index (χ1n) is 10.3. The van der Waals surface area contributed by atoms with E-state index in [0.717, 1.165) is 17.7 Å². The van der Waals surface area contributed by atoms with Gasteiger partial charge in [0.1, 0.15) is 23.9 Å². The number of hydrogen-bond donors (Lipinski definition) is 1. The summed E-state index contributed by atoms with van der Waals surface area (Å²) in [6, 6.07) is 1.04. The minimum absolute atomic E-state index is 0.370. The number of carbonyl (C=O) groups is 2. The standard InChI is InChI=1S/C21H28N2O10/c1-20(2,3)33-19(28)23-13(25)9-10-22(18(23)27)16-15-14(31-21(4,5)32-15)12(30-16)8-7-11(24)17(26)29-6/h7-12,14-16,24H,1-6H3/b8-7+/t11?,12-,14-,15-,16-/m1/s1. The van der Waals surface area contributed by atoms with Gasteiger partial charge in [-0.05, 0) is 40.7 Å². The van der Waals surface area contributed by atoms with E-state index < -0.39 is 65.3 Å². The molecule has 1 aromatic heterocycles. The van der Waals surface area contributed by atoms with Crippen LogP contribution in [-0.2, 0) is 28.5 Å². The first kappa shape index (κ1) is 24.8. The van der Waals surface area contributed by atoms with E-state index in [4.69, 9.17) is 18.9 Å². The summed E-state index contributed by atoms with van der Waals surface area (Å²) < 4.78 is 28.8. The van der Waals surface area contributed by atoms with Crippen LogP contribution in [0.15, 0.2) is 34.0 Å². The molecule has 3 rings (SSSR count). The molecule has 0 bridgehead atoms. The lowest BCUT2D eigenvalue weighted by molar-refractivity contribution is -0.192. The Bertz CT molecular complexity index is 1060. The highest BCUT2D eigenvalue weighted by atomic mass is 16.8. The van der Waals surface area contributed by atoms with E-state index in [1.165, 1.54) is 18.3 Å². The van der Waals surface area contributed by atoms with E-state index in [1.807, 2.05) is 0 Å². The van der Waals surface area contributed by atoms with Gasteiger partial charge in [0.2, 0.25) is 0 Å². The monoisotopic (exact) mass is 468 g/mol. The fraction of sp³-hybridized carbons (Fsp3) is 0.619. The van der Waals surface area contributed by atoms with E-state index in [0.29, 0.717) is 4.57 Å². The first-order chi connectivity index (χ1) is 15.2. The minimum Gasteiger partial charge on any atom is -0.467 e. The number of rotatable bonds is 4. The molecule has 1 aromatic rings. The number of esters is 1. The van der Waals surface area contributed by atoms with Crippen LogP contribution in [0.4, 0.5) is 4.79 Å². The molecule has 0 spiro atoms. The molecule has 12 nitrogen and oxygen atoms in total. The highest BCUT2D eigenvalue weighted by molar-refractivity contribution is 5.76. The highest BCUT2D eigenvalue weighted by Gasteiger charge is 2.55. The van der Waals surface area contributed by atoms with Gasteiger partial charge >= 0.3 is 17.8 Å². The lowest BCUT2D eigenvalue weighted by Crippen LogP contribution is -2.47. The molecule has 33 heavy (non-hydrogen) atoms. The quantitative estimate of drug-likeness (QED) is 0.484. The topological polar surface area (TPSA) is 145 Å². The van der Waals surface area contributed by atoms with Gasteiger partial charge in [-0.3, -0.25) is 9.36 Å². The zero-order valence-electron chi connectivity index (χ0n) is 19.2. The summed E-state index contributed by atoms with van der Waals surface area (Å²) in [5, 5.41) is 9.84. The fourth-order valence-electron chi connectivity index (χ4n) is 3.56. The van der Waals surface area contributed by atoms with Crippen molar-refractivity contribution in [1.82, 2.24) is 9.13 Å². The SMILES string of the molecule is COC(=O)C(O)/C=C/[C@H]1O[C@@H](n2ccc(=O)n(C(=O)OC(C)(C)C)c2=O)[C@@H]2OC(C)(C)O[C@@H]21. The van der Waals surface area contributed by atoms with Gasteiger partial charge < -0.3 is 28.8 Å². The summed E-state index contributed by atoms with van der Waals surface area (Å²) in [5.74, 6) is -1.88. The average Bonchev–Trinajstić information content (AvgIpc) is 3.17. The van der Waals surface area contributed by atoms with Crippen molar-refractivity contribution >= 4 is 12.1 Å². The number of carbonyl (C=O) groups excluding carboxylic acids is 2. The molecular weight excluding hydrogens is 440 g/mol. The molecule has 1 N–H and O–H groups in total. The summed E-state index contributed by atoms with van der Waals surface area (Å²) in [6.07, 6.45) is -2.29. The Morgan fingerprint density at radius 2 is 1.85 bits per heavy atom. The number of nitrogens with zero attached hydrogens (tertiary/aromatic N) is 2. The number of hydrogen-bond acceptors (Lipinski definition) is 10. The number of methoxy groups -OCH3 is 1. The van der Waals surface area contributed by atoms with Crippen molar-refractivity contribution in [1.29, 1.82) is 0 Å². The third kappa shape index (κ3) is 5.24. The third-order valence-electron chi connectivity index (χ3n) is 4.85. The maximum absolute atomic E-state index is 13.1. The normalized spacial score (nSPS) is 27.4. The Morgan fingerprint density at radius 1 is 1.21 bits per heavy atom. The van der Waals surface area contributed by atoms with Gasteiger partial charge in [-0.25, -0.2) is 14.4 Å². The maximum atomic E-state index is 13.1. The summed E-state index contributed by atoms with van der Waals surface area (Å²) in [5.41, 5.74) is -2.77. The van der Waals surface area contributed by atoms with Gasteiger partial charge in [0, 0.05) is 12.3 Å². The van der Waals surface area contributed by atoms with Crippen LogP contribution in [0.3, 0.4) is 0 Å². The molecule has 2 saturated heterocycles. The molecule has 0 aromatic carbocycles. The molecule has 2 aliphatic heterocycles. The molecule has 2 fully saturated rings. The van der Waals surface area contributed by atoms with Gasteiger partial charge in [-0.1, -0.05) is 6.08 Å². The Hall–Kier alpha value is -2.80. The lowest BCUT2D eigenvalue weighted by Gasteiger charge is -2.25. The van der Waals surface area contributed by atoms with Crippen molar-refractivity contribution in [2.75, 3.05) is 7.11 Å². The Labute approximate surface area is 189 Å². The fourth-order valence-corrected chi connectivity index (χ4v) is 3.56. The molecule has 5 atom stereocenters. The van der Waals surface area contributed by atoms with Crippen LogP contribution in [0.25, 0.3) is 0 Å². The van der Waals surface area contributed by atoms with Gasteiger partial charge in [0.25, 0.3) is 5.56 Å². The van der Waals surface area contributed by atoms with Crippen molar-refractivity contribution < 1.29 is 38.4 Å². The Morgan fingerprint density at radius 3 is 2.45 bits per heavy atom. The molecule has 1 unspecified atom stereocenters. The summed E-state index contributed by atoms with van der Waals surface area (Å²) >= 11 is 0. The van der Waals surface area contributed by atoms with Crippen LogP contribution in [0.2, 0.25) is 0 Å². The predicted octanol–water partition coefficient (Wildman–Crippen LogP) is 0.301. The van der Waals surface area contributed by atoms with E-state index in [2.05, 4.69) is 4.74 Å². The number of aliphatic hydroxyl groups is 1. The van der Waals surface area contributed by atoms with E-state index in [1.54, 1.807) is 34.6 Å². The molecule has 182 valence electrons. The molecule has 0 aliphatic carbocycles. The highest BCUT2D eigenvalue weighted by Crippen LogP contribution is 2.42.